The van der Waals surface area contributed by atoms with Crippen LogP contribution in [0.5, 0.6) is 0 Å². The summed E-state index contributed by atoms with van der Waals surface area (Å²) in [5.74, 6) is -27.8. The molecule has 102 valence electrons. The minimum absolute atomic E-state index is 2.71. The maximum Gasteiger partial charge on any atom is 0.365 e. The molecule has 0 aliphatic heterocycles. The van der Waals surface area contributed by atoms with Crippen molar-refractivity contribution in [3.63, 3.8) is 0 Å². The molecule has 0 saturated heterocycles. The molecule has 18 heavy (non-hydrogen) atoms. The molecule has 2 aliphatic carbocycles. The average Bonchev–Trinajstić information content (AvgIpc) is 2.22. The second kappa shape index (κ2) is 2.85. The van der Waals surface area contributed by atoms with Crippen LogP contribution in [0.15, 0.2) is 22.8 Å². The van der Waals surface area contributed by atoms with Crippen molar-refractivity contribution in [2.45, 2.75) is 23.7 Å². The third-order valence-corrected chi connectivity index (χ3v) is 2.66. The summed E-state index contributed by atoms with van der Waals surface area (Å²) >= 11 is 0. The maximum absolute atomic E-state index is 12.6. The zero-order valence-electron chi connectivity index (χ0n) is 7.78. The monoisotopic (exact) mass is 286 g/mol. The van der Waals surface area contributed by atoms with E-state index in [0.29, 0.717) is 0 Å². The fraction of sp³-hybridized carbons (Fsp3) is 0.500. The van der Waals surface area contributed by atoms with E-state index in [-0.39, 0.29) is 0 Å². The number of halogens is 10. The molecule has 0 spiro atoms. The van der Waals surface area contributed by atoms with Gasteiger partial charge in [-0.25, -0.2) is 8.78 Å². The lowest BCUT2D eigenvalue weighted by molar-refractivity contribution is -0.228. The normalized spacial score (nSPS) is 31.0. The number of hydrogen-bond acceptors (Lipinski definition) is 0. The lowest BCUT2D eigenvalue weighted by atomic mass is 9.72. The predicted octanol–water partition coefficient (Wildman–Crippen LogP) is 4.00. The van der Waals surface area contributed by atoms with Gasteiger partial charge in [0.2, 0.25) is 0 Å². The summed E-state index contributed by atoms with van der Waals surface area (Å²) in [4.78, 5) is 0. The Morgan fingerprint density at radius 2 is 0.667 bits per heavy atom. The van der Waals surface area contributed by atoms with Crippen molar-refractivity contribution in [3.8, 4) is 0 Å². The van der Waals surface area contributed by atoms with Crippen molar-refractivity contribution in [2.75, 3.05) is 0 Å². The van der Waals surface area contributed by atoms with Gasteiger partial charge in [0.1, 0.15) is 0 Å². The van der Waals surface area contributed by atoms with E-state index in [4.69, 9.17) is 0 Å². The minimum atomic E-state index is -5.45. The maximum atomic E-state index is 12.6. The molecule has 0 unspecified atom stereocenters. The highest BCUT2D eigenvalue weighted by Crippen LogP contribution is 2.67. The van der Waals surface area contributed by atoms with Gasteiger partial charge in [-0.05, 0) is 0 Å². The highest BCUT2D eigenvalue weighted by Gasteiger charge is 2.82. The van der Waals surface area contributed by atoms with Crippen LogP contribution in [0.25, 0.3) is 0 Å². The van der Waals surface area contributed by atoms with E-state index >= 15 is 0 Å². The molecule has 2 rings (SSSR count). The summed E-state index contributed by atoms with van der Waals surface area (Å²) in [6, 6.07) is 0. The summed E-state index contributed by atoms with van der Waals surface area (Å²) in [7, 11) is 0. The topological polar surface area (TPSA) is 0 Å². The Kier molecular flexibility index (Phi) is 2.09. The van der Waals surface area contributed by atoms with E-state index < -0.39 is 46.5 Å². The van der Waals surface area contributed by atoms with Gasteiger partial charge in [0.25, 0.3) is 0 Å². The quantitative estimate of drug-likeness (QED) is 0.639. The number of allylic oxidation sites excluding steroid dienone is 4. The van der Waals surface area contributed by atoms with Gasteiger partial charge in [0.15, 0.2) is 11.7 Å². The van der Waals surface area contributed by atoms with Crippen LogP contribution >= 0.6 is 0 Å². The van der Waals surface area contributed by atoms with E-state index in [2.05, 4.69) is 0 Å². The molecule has 0 radical (unpaired) electrons. The molecule has 0 aromatic heterocycles. The molecule has 10 heteroatoms. The molecule has 0 amide bonds. The van der Waals surface area contributed by atoms with Crippen LogP contribution in [-0.4, -0.2) is 23.7 Å². The molecule has 0 aromatic carbocycles. The standard InChI is InChI=1S/C8F10/c9-3-1(5(11,12)7(3,15)16)2-4(10)8(17,18)6(2,13)14. The van der Waals surface area contributed by atoms with Gasteiger partial charge in [-0.15, -0.1) is 0 Å². The smallest absolute Gasteiger partial charge is 0.204 e. The van der Waals surface area contributed by atoms with Gasteiger partial charge in [0, 0.05) is 0 Å². The molecule has 0 nitrogen and oxygen atoms in total. The SMILES string of the molecule is FC1=C(C2=C(F)C(F)(F)C2(F)F)C(F)(F)C1(F)F. The minimum Gasteiger partial charge on any atom is -0.204 e. The number of alkyl halides is 8. The van der Waals surface area contributed by atoms with Crippen LogP contribution in [0.4, 0.5) is 43.9 Å². The Labute approximate surface area is 91.6 Å². The van der Waals surface area contributed by atoms with E-state index in [1.807, 2.05) is 0 Å². The first kappa shape index (κ1) is 13.2. The van der Waals surface area contributed by atoms with Gasteiger partial charge >= 0.3 is 23.7 Å². The van der Waals surface area contributed by atoms with E-state index in [0.717, 1.165) is 0 Å². The van der Waals surface area contributed by atoms with E-state index in [9.17, 15) is 43.9 Å². The molecule has 0 atom stereocenters. The highest BCUT2D eigenvalue weighted by molar-refractivity contribution is 5.62. The summed E-state index contributed by atoms with van der Waals surface area (Å²) in [6.07, 6.45) is 0. The van der Waals surface area contributed by atoms with Crippen molar-refractivity contribution in [2.24, 2.45) is 0 Å². The average molecular weight is 286 g/mol. The van der Waals surface area contributed by atoms with Crippen LogP contribution in [0, 0.1) is 0 Å². The molecular weight excluding hydrogens is 286 g/mol. The summed E-state index contributed by atoms with van der Waals surface area (Å²) in [6.45, 7) is 0. The van der Waals surface area contributed by atoms with E-state index in [1.165, 1.54) is 0 Å². The zero-order chi connectivity index (χ0) is 14.3. The summed E-state index contributed by atoms with van der Waals surface area (Å²) in [5, 5.41) is 0. The predicted molar refractivity (Wildman–Crippen MR) is 36.1 cm³/mol. The van der Waals surface area contributed by atoms with Crippen LogP contribution in [0.1, 0.15) is 0 Å². The summed E-state index contributed by atoms with van der Waals surface area (Å²) < 4.78 is 125. The lowest BCUT2D eigenvalue weighted by Gasteiger charge is -2.44. The highest BCUT2D eigenvalue weighted by atomic mass is 19.3. The van der Waals surface area contributed by atoms with Crippen molar-refractivity contribution < 1.29 is 43.9 Å². The Hall–Kier alpha value is -1.22. The zero-order valence-corrected chi connectivity index (χ0v) is 7.78. The molecule has 0 fully saturated rings. The van der Waals surface area contributed by atoms with Crippen molar-refractivity contribution >= 4 is 0 Å². The second-order valence-corrected chi connectivity index (χ2v) is 3.68. The van der Waals surface area contributed by atoms with Crippen molar-refractivity contribution in [1.29, 1.82) is 0 Å². The summed E-state index contributed by atoms with van der Waals surface area (Å²) in [5.41, 5.74) is -5.41. The molecular formula is C8F10. The third kappa shape index (κ3) is 1.01. The van der Waals surface area contributed by atoms with Crippen LogP contribution in [0.2, 0.25) is 0 Å². The molecule has 0 bridgehead atoms. The first-order valence-corrected chi connectivity index (χ1v) is 4.14. The fourth-order valence-corrected chi connectivity index (χ4v) is 1.59. The Morgan fingerprint density at radius 3 is 0.833 bits per heavy atom. The third-order valence-electron chi connectivity index (χ3n) is 2.66. The Morgan fingerprint density at radius 1 is 0.444 bits per heavy atom. The molecule has 0 heterocycles. The van der Waals surface area contributed by atoms with E-state index in [1.54, 1.807) is 0 Å². The van der Waals surface area contributed by atoms with Crippen molar-refractivity contribution in [1.82, 2.24) is 0 Å². The number of hydrogen-bond donors (Lipinski definition) is 0. The molecule has 0 aromatic rings. The van der Waals surface area contributed by atoms with Crippen LogP contribution < -0.4 is 0 Å². The Balaban J connectivity index is 2.63. The van der Waals surface area contributed by atoms with Crippen molar-refractivity contribution in [3.05, 3.63) is 22.8 Å². The first-order chi connectivity index (χ1) is 7.81. The van der Waals surface area contributed by atoms with Gasteiger partial charge in [-0.1, -0.05) is 0 Å². The van der Waals surface area contributed by atoms with Gasteiger partial charge in [-0.2, -0.15) is 35.1 Å². The largest absolute Gasteiger partial charge is 0.365 e. The lowest BCUT2D eigenvalue weighted by Crippen LogP contribution is -2.61. The van der Waals surface area contributed by atoms with Gasteiger partial charge in [-0.3, -0.25) is 0 Å². The molecule has 0 N–H and O–H groups in total. The second-order valence-electron chi connectivity index (χ2n) is 3.68. The van der Waals surface area contributed by atoms with Crippen LogP contribution in [0.3, 0.4) is 0 Å². The van der Waals surface area contributed by atoms with Gasteiger partial charge in [0.05, 0.1) is 11.1 Å². The Bertz CT molecular complexity index is 448. The molecule has 2 aliphatic rings. The van der Waals surface area contributed by atoms with Crippen LogP contribution in [-0.2, 0) is 0 Å². The fourth-order valence-electron chi connectivity index (χ4n) is 1.59. The number of rotatable bonds is 1. The molecule has 0 saturated carbocycles. The van der Waals surface area contributed by atoms with Gasteiger partial charge < -0.3 is 0 Å². The first-order valence-electron chi connectivity index (χ1n) is 4.14.